The van der Waals surface area contributed by atoms with E-state index in [1.54, 1.807) is 0 Å². The second-order valence-electron chi connectivity index (χ2n) is 16.3. The average molecular weight is 825 g/mol. The largest absolute Gasteiger partial charge is 0.472 e. The lowest BCUT2D eigenvalue weighted by Crippen LogP contribution is -2.64. The van der Waals surface area contributed by atoms with Crippen LogP contribution < -0.4 is 0 Å². The van der Waals surface area contributed by atoms with E-state index in [0.29, 0.717) is 13.0 Å². The van der Waals surface area contributed by atoms with Crippen molar-refractivity contribution in [3.8, 4) is 0 Å². The number of phosphoric acid groups is 1. The van der Waals surface area contributed by atoms with Crippen LogP contribution in [0, 0.1) is 0 Å². The molecule has 6 N–H and O–H groups in total. The van der Waals surface area contributed by atoms with Crippen molar-refractivity contribution in [2.45, 2.75) is 249 Å². The SMILES string of the molecule is CCCCCCCCCCCCCCCCCCCCCCOC[C@H](COP(=O)(O)OC1C(O)C(O)C(O)[C@@H](O)C1O)OC(=O)CCCCCCCCCCC. The predicted octanol–water partition coefficient (Wildman–Crippen LogP) is 8.98. The molecule has 0 radical (unpaired) electrons. The van der Waals surface area contributed by atoms with Crippen LogP contribution in [-0.2, 0) is 27.9 Å². The zero-order chi connectivity index (χ0) is 41.3. The Hall–Kier alpha value is -0.660. The van der Waals surface area contributed by atoms with Gasteiger partial charge in [0, 0.05) is 13.0 Å². The fourth-order valence-corrected chi connectivity index (χ4v) is 8.27. The molecule has 0 saturated heterocycles. The summed E-state index contributed by atoms with van der Waals surface area (Å²) in [6.07, 6.45) is 23.4. The van der Waals surface area contributed by atoms with Crippen molar-refractivity contribution < 1.29 is 58.3 Å². The number of esters is 1. The fourth-order valence-electron chi connectivity index (χ4n) is 7.30. The van der Waals surface area contributed by atoms with Crippen LogP contribution in [0.2, 0.25) is 0 Å². The van der Waals surface area contributed by atoms with E-state index in [0.717, 1.165) is 38.5 Å². The minimum absolute atomic E-state index is 0.0685. The molecule has 0 spiro atoms. The van der Waals surface area contributed by atoms with Gasteiger partial charge in [-0.05, 0) is 12.8 Å². The normalized spacial score (nSPS) is 22.9. The molecule has 0 aliphatic heterocycles. The summed E-state index contributed by atoms with van der Waals surface area (Å²) in [7, 11) is -5.00. The summed E-state index contributed by atoms with van der Waals surface area (Å²) >= 11 is 0. The van der Waals surface area contributed by atoms with E-state index >= 15 is 0 Å². The topological polar surface area (TPSA) is 192 Å². The molecule has 1 aliphatic rings. The Morgan fingerprint density at radius 1 is 0.500 bits per heavy atom. The molecule has 6 unspecified atom stereocenters. The number of phosphoric ester groups is 1. The first-order valence-electron chi connectivity index (χ1n) is 22.9. The maximum atomic E-state index is 12.8. The first-order chi connectivity index (χ1) is 27.0. The fraction of sp³-hybridized carbons (Fsp3) is 0.977. The van der Waals surface area contributed by atoms with Crippen molar-refractivity contribution in [2.24, 2.45) is 0 Å². The maximum Gasteiger partial charge on any atom is 0.472 e. The Bertz CT molecular complexity index is 942. The number of carbonyl (C=O) groups is 1. The van der Waals surface area contributed by atoms with Gasteiger partial charge in [0.05, 0.1) is 13.2 Å². The van der Waals surface area contributed by atoms with Crippen LogP contribution in [-0.4, -0.2) is 98.9 Å². The van der Waals surface area contributed by atoms with Crippen molar-refractivity contribution in [2.75, 3.05) is 19.8 Å². The van der Waals surface area contributed by atoms with E-state index in [2.05, 4.69) is 13.8 Å². The minimum Gasteiger partial charge on any atom is -0.457 e. The Labute approximate surface area is 340 Å². The molecule has 1 aliphatic carbocycles. The molecule has 0 heterocycles. The standard InChI is InChI=1S/C43H85O12P/c1-3-5-7-9-11-13-14-15-16-17-18-19-20-21-22-23-25-27-29-31-33-52-34-36(54-37(44)32-30-28-26-24-12-10-8-6-4-2)35-53-56(50,51)55-43-41(48)39(46)38(45)40(47)42(43)49/h36,38-43,45-49H,3-35H2,1-2H3,(H,50,51)/t36-,38?,39-,40?,41?,42?,43?/m1/s1. The quantitative estimate of drug-likeness (QED) is 0.0196. The molecule has 334 valence electrons. The van der Waals surface area contributed by atoms with Crippen molar-refractivity contribution in [1.82, 2.24) is 0 Å². The second kappa shape index (κ2) is 35.1. The van der Waals surface area contributed by atoms with Gasteiger partial charge in [-0.15, -0.1) is 0 Å². The number of hydrogen-bond acceptors (Lipinski definition) is 11. The van der Waals surface area contributed by atoms with Gasteiger partial charge in [-0.3, -0.25) is 13.8 Å². The van der Waals surface area contributed by atoms with Crippen LogP contribution in [0.4, 0.5) is 0 Å². The van der Waals surface area contributed by atoms with E-state index in [1.807, 2.05) is 0 Å². The third-order valence-corrected chi connectivity index (χ3v) is 12.0. The molecule has 0 aromatic heterocycles. The lowest BCUT2D eigenvalue weighted by atomic mass is 9.85. The van der Waals surface area contributed by atoms with E-state index in [1.165, 1.54) is 141 Å². The third-order valence-electron chi connectivity index (χ3n) is 11.0. The molecule has 1 rings (SSSR count). The first kappa shape index (κ1) is 53.4. The number of aliphatic hydroxyl groups is 5. The van der Waals surface area contributed by atoms with Crippen LogP contribution in [0.25, 0.3) is 0 Å². The van der Waals surface area contributed by atoms with Crippen LogP contribution in [0.15, 0.2) is 0 Å². The Balaban J connectivity index is 2.31. The van der Waals surface area contributed by atoms with Gasteiger partial charge in [0.2, 0.25) is 0 Å². The Kier molecular flexibility index (Phi) is 33.5. The van der Waals surface area contributed by atoms with Crippen molar-refractivity contribution in [3.05, 3.63) is 0 Å². The lowest BCUT2D eigenvalue weighted by Gasteiger charge is -2.41. The number of aliphatic hydroxyl groups excluding tert-OH is 5. The smallest absolute Gasteiger partial charge is 0.457 e. The van der Waals surface area contributed by atoms with Gasteiger partial charge in [-0.1, -0.05) is 187 Å². The molecule has 0 aromatic carbocycles. The van der Waals surface area contributed by atoms with E-state index < -0.39 is 63.1 Å². The molecule has 0 bridgehead atoms. The lowest BCUT2D eigenvalue weighted by molar-refractivity contribution is -0.220. The summed E-state index contributed by atoms with van der Waals surface area (Å²) < 4.78 is 34.1. The third kappa shape index (κ3) is 27.2. The van der Waals surface area contributed by atoms with Crippen molar-refractivity contribution in [1.29, 1.82) is 0 Å². The summed E-state index contributed by atoms with van der Waals surface area (Å²) in [5.74, 6) is -0.476. The summed E-state index contributed by atoms with van der Waals surface area (Å²) in [6.45, 7) is 4.26. The summed E-state index contributed by atoms with van der Waals surface area (Å²) in [5, 5.41) is 50.1. The van der Waals surface area contributed by atoms with Gasteiger partial charge in [0.25, 0.3) is 0 Å². The number of hydrogen-bond donors (Lipinski definition) is 6. The summed E-state index contributed by atoms with van der Waals surface area (Å²) in [6, 6.07) is 0. The summed E-state index contributed by atoms with van der Waals surface area (Å²) in [5.41, 5.74) is 0. The highest BCUT2D eigenvalue weighted by molar-refractivity contribution is 7.47. The molecule has 13 heteroatoms. The molecular weight excluding hydrogens is 739 g/mol. The Morgan fingerprint density at radius 2 is 0.839 bits per heavy atom. The van der Waals surface area contributed by atoms with Gasteiger partial charge in [0.15, 0.2) is 0 Å². The number of rotatable bonds is 39. The van der Waals surface area contributed by atoms with Gasteiger partial charge in [0.1, 0.15) is 42.7 Å². The van der Waals surface area contributed by atoms with E-state index in [9.17, 15) is 39.8 Å². The van der Waals surface area contributed by atoms with Crippen LogP contribution in [0.1, 0.15) is 206 Å². The van der Waals surface area contributed by atoms with Gasteiger partial charge >= 0.3 is 13.8 Å². The molecule has 56 heavy (non-hydrogen) atoms. The average Bonchev–Trinajstić information content (AvgIpc) is 3.18. The Morgan fingerprint density at radius 3 is 1.23 bits per heavy atom. The van der Waals surface area contributed by atoms with Crippen LogP contribution >= 0.6 is 7.82 Å². The maximum absolute atomic E-state index is 12.8. The van der Waals surface area contributed by atoms with Crippen molar-refractivity contribution in [3.63, 3.8) is 0 Å². The molecule has 1 saturated carbocycles. The van der Waals surface area contributed by atoms with E-state index in [4.69, 9.17) is 18.5 Å². The minimum atomic E-state index is -5.00. The molecule has 1 fully saturated rings. The molecular formula is C43H85O12P. The highest BCUT2D eigenvalue weighted by Gasteiger charge is 2.51. The highest BCUT2D eigenvalue weighted by Crippen LogP contribution is 2.47. The van der Waals surface area contributed by atoms with E-state index in [-0.39, 0.29) is 13.0 Å². The summed E-state index contributed by atoms with van der Waals surface area (Å²) in [4.78, 5) is 23.0. The van der Waals surface area contributed by atoms with Gasteiger partial charge in [-0.2, -0.15) is 0 Å². The molecule has 12 nitrogen and oxygen atoms in total. The number of unbranched alkanes of at least 4 members (excludes halogenated alkanes) is 27. The highest BCUT2D eigenvalue weighted by atomic mass is 31.2. The van der Waals surface area contributed by atoms with Gasteiger partial charge in [-0.25, -0.2) is 4.57 Å². The zero-order valence-electron chi connectivity index (χ0n) is 35.5. The van der Waals surface area contributed by atoms with Crippen LogP contribution in [0.3, 0.4) is 0 Å². The molecule has 8 atom stereocenters. The number of carbonyl (C=O) groups excluding carboxylic acids is 1. The first-order valence-corrected chi connectivity index (χ1v) is 24.4. The predicted molar refractivity (Wildman–Crippen MR) is 221 cm³/mol. The van der Waals surface area contributed by atoms with Crippen LogP contribution in [0.5, 0.6) is 0 Å². The molecule has 0 aromatic rings. The number of ether oxygens (including phenoxy) is 2. The zero-order valence-corrected chi connectivity index (χ0v) is 36.4. The molecule has 0 amide bonds. The second-order valence-corrected chi connectivity index (χ2v) is 17.7. The monoisotopic (exact) mass is 825 g/mol. The van der Waals surface area contributed by atoms with Gasteiger partial charge < -0.3 is 39.9 Å². The van der Waals surface area contributed by atoms with Crippen molar-refractivity contribution >= 4 is 13.8 Å².